The second-order valence-electron chi connectivity index (χ2n) is 3.60. The van der Waals surface area contributed by atoms with E-state index in [2.05, 4.69) is 16.0 Å². The Hall–Kier alpha value is -1.59. The highest BCUT2D eigenvalue weighted by molar-refractivity contribution is 5.51. The van der Waals surface area contributed by atoms with Gasteiger partial charge in [0.2, 0.25) is 0 Å². The largest absolute Gasteiger partial charge is 0.355 e. The number of fused-ring (bicyclic) bond motifs is 1. The molecule has 0 aliphatic rings. The van der Waals surface area contributed by atoms with Gasteiger partial charge in [-0.05, 0) is 12.1 Å². The predicted octanol–water partition coefficient (Wildman–Crippen LogP) is 0.0581. The first-order valence-electron chi connectivity index (χ1n) is 5.44. The molecule has 0 aromatic carbocycles. The molecule has 0 fully saturated rings. The Morgan fingerprint density at radius 3 is 2.62 bits per heavy atom. The highest BCUT2D eigenvalue weighted by Gasteiger charge is 2.08. The first-order valence-corrected chi connectivity index (χ1v) is 5.44. The molecule has 0 unspecified atom stereocenters. The summed E-state index contributed by atoms with van der Waals surface area (Å²) in [6.07, 6.45) is 3.74. The fourth-order valence-corrected chi connectivity index (χ4v) is 1.84. The molecule has 0 aliphatic carbocycles. The summed E-state index contributed by atoms with van der Waals surface area (Å²) in [7, 11) is 0. The minimum absolute atomic E-state index is 0.616. The Bertz CT molecular complexity index is 444. The second kappa shape index (κ2) is 4.96. The van der Waals surface area contributed by atoms with Crippen LogP contribution in [0.5, 0.6) is 0 Å². The van der Waals surface area contributed by atoms with E-state index in [0.717, 1.165) is 24.6 Å². The zero-order valence-electron chi connectivity index (χ0n) is 9.21. The number of nitrogens with two attached hydrogens (primary N) is 2. The van der Waals surface area contributed by atoms with Gasteiger partial charge in [0.25, 0.3) is 0 Å². The molecule has 0 atom stereocenters. The van der Waals surface area contributed by atoms with E-state index in [-0.39, 0.29) is 0 Å². The van der Waals surface area contributed by atoms with Crippen LogP contribution in [0.25, 0.3) is 5.65 Å². The van der Waals surface area contributed by atoms with Gasteiger partial charge < -0.3 is 16.4 Å². The van der Waals surface area contributed by atoms with Crippen LogP contribution < -0.4 is 16.4 Å². The molecule has 0 bridgehead atoms. The van der Waals surface area contributed by atoms with Crippen LogP contribution in [0.4, 0.5) is 5.82 Å². The van der Waals surface area contributed by atoms with Crippen LogP contribution in [0.15, 0.2) is 30.6 Å². The van der Waals surface area contributed by atoms with Crippen LogP contribution in [0.3, 0.4) is 0 Å². The monoisotopic (exact) mass is 219 g/mol. The van der Waals surface area contributed by atoms with E-state index in [9.17, 15) is 0 Å². The number of rotatable bonds is 5. The van der Waals surface area contributed by atoms with Gasteiger partial charge in [-0.15, -0.1) is 0 Å². The molecule has 0 spiro atoms. The predicted molar refractivity (Wildman–Crippen MR) is 65.5 cm³/mol. The van der Waals surface area contributed by atoms with Gasteiger partial charge in [0.1, 0.15) is 11.5 Å². The summed E-state index contributed by atoms with van der Waals surface area (Å²) in [5.74, 6) is 1.09. The second-order valence-corrected chi connectivity index (χ2v) is 3.60. The Morgan fingerprint density at radius 1 is 1.19 bits per heavy atom. The third-order valence-corrected chi connectivity index (χ3v) is 2.53. The summed E-state index contributed by atoms with van der Waals surface area (Å²) >= 11 is 0. The summed E-state index contributed by atoms with van der Waals surface area (Å²) in [5, 5.41) is 0. The third kappa shape index (κ3) is 2.00. The molecule has 86 valence electrons. The van der Waals surface area contributed by atoms with E-state index in [4.69, 9.17) is 11.5 Å². The zero-order valence-corrected chi connectivity index (χ0v) is 9.21. The highest BCUT2D eigenvalue weighted by Crippen LogP contribution is 2.15. The molecule has 0 aliphatic heterocycles. The maximum Gasteiger partial charge on any atom is 0.138 e. The van der Waals surface area contributed by atoms with E-state index in [1.54, 1.807) is 6.20 Å². The van der Waals surface area contributed by atoms with Crippen LogP contribution in [0.1, 0.15) is 0 Å². The number of hydrogen-bond donors (Lipinski definition) is 2. The molecule has 4 N–H and O–H groups in total. The Kier molecular flexibility index (Phi) is 3.38. The van der Waals surface area contributed by atoms with Crippen molar-refractivity contribution in [1.29, 1.82) is 0 Å². The third-order valence-electron chi connectivity index (χ3n) is 2.53. The van der Waals surface area contributed by atoms with Crippen molar-refractivity contribution in [3.63, 3.8) is 0 Å². The van der Waals surface area contributed by atoms with Crippen molar-refractivity contribution < 1.29 is 0 Å². The Labute approximate surface area is 94.7 Å². The van der Waals surface area contributed by atoms with Crippen LogP contribution >= 0.6 is 0 Å². The van der Waals surface area contributed by atoms with Crippen LogP contribution in [0.2, 0.25) is 0 Å². The minimum atomic E-state index is 0.616. The zero-order chi connectivity index (χ0) is 11.4. The van der Waals surface area contributed by atoms with Crippen molar-refractivity contribution >= 4 is 11.5 Å². The number of aromatic nitrogens is 2. The van der Waals surface area contributed by atoms with E-state index in [1.807, 2.05) is 22.7 Å². The molecule has 0 saturated carbocycles. The van der Waals surface area contributed by atoms with Crippen molar-refractivity contribution in [1.82, 2.24) is 9.38 Å². The van der Waals surface area contributed by atoms with Gasteiger partial charge in [-0.2, -0.15) is 0 Å². The molecule has 2 heterocycles. The summed E-state index contributed by atoms with van der Waals surface area (Å²) in [6.45, 7) is 2.83. The molecule has 2 aromatic rings. The quantitative estimate of drug-likeness (QED) is 0.745. The molecule has 2 aromatic heterocycles. The smallest absolute Gasteiger partial charge is 0.138 e. The molecule has 5 nitrogen and oxygen atoms in total. The number of pyridine rings is 1. The maximum absolute atomic E-state index is 5.61. The van der Waals surface area contributed by atoms with E-state index >= 15 is 0 Å². The summed E-state index contributed by atoms with van der Waals surface area (Å²) < 4.78 is 2.05. The van der Waals surface area contributed by atoms with Crippen LogP contribution in [-0.2, 0) is 0 Å². The van der Waals surface area contributed by atoms with Gasteiger partial charge in [-0.3, -0.25) is 4.40 Å². The van der Waals surface area contributed by atoms with Crippen molar-refractivity contribution in [2.24, 2.45) is 11.5 Å². The molecule has 16 heavy (non-hydrogen) atoms. The number of imidazole rings is 1. The highest BCUT2D eigenvalue weighted by atomic mass is 15.2. The molecular formula is C11H17N5. The normalized spacial score (nSPS) is 10.9. The van der Waals surface area contributed by atoms with Gasteiger partial charge >= 0.3 is 0 Å². The maximum atomic E-state index is 5.61. The standard InChI is InChI=1S/C11H17N5/c12-4-7-15(8-5-13)11-3-1-2-10-14-6-9-16(10)11/h1-3,6,9H,4-5,7-8,12-13H2. The molecule has 0 radical (unpaired) electrons. The molecular weight excluding hydrogens is 202 g/mol. The lowest BCUT2D eigenvalue weighted by Gasteiger charge is -2.24. The fraction of sp³-hybridized carbons (Fsp3) is 0.364. The van der Waals surface area contributed by atoms with Gasteiger partial charge in [-0.25, -0.2) is 4.98 Å². The summed E-state index contributed by atoms with van der Waals surface area (Å²) in [6, 6.07) is 6.03. The SMILES string of the molecule is NCCN(CCN)c1cccc2nccn12. The van der Waals surface area contributed by atoms with E-state index in [1.165, 1.54) is 0 Å². The van der Waals surface area contributed by atoms with E-state index < -0.39 is 0 Å². The van der Waals surface area contributed by atoms with E-state index in [0.29, 0.717) is 13.1 Å². The average molecular weight is 219 g/mol. The number of anilines is 1. The molecule has 5 heteroatoms. The van der Waals surface area contributed by atoms with Crippen molar-refractivity contribution in [2.45, 2.75) is 0 Å². The summed E-state index contributed by atoms with van der Waals surface area (Å²) in [4.78, 5) is 6.43. The summed E-state index contributed by atoms with van der Waals surface area (Å²) in [5.41, 5.74) is 12.2. The lowest BCUT2D eigenvalue weighted by molar-refractivity contribution is 0.764. The van der Waals surface area contributed by atoms with Gasteiger partial charge in [0.15, 0.2) is 0 Å². The van der Waals surface area contributed by atoms with Gasteiger partial charge in [0, 0.05) is 38.6 Å². The molecule has 2 rings (SSSR count). The minimum Gasteiger partial charge on any atom is -0.355 e. The van der Waals surface area contributed by atoms with Gasteiger partial charge in [0.05, 0.1) is 0 Å². The average Bonchev–Trinajstić information content (AvgIpc) is 2.76. The van der Waals surface area contributed by atoms with Crippen molar-refractivity contribution in [3.05, 3.63) is 30.6 Å². The van der Waals surface area contributed by atoms with Gasteiger partial charge in [-0.1, -0.05) is 6.07 Å². The Balaban J connectivity index is 2.38. The first kappa shape index (κ1) is 10.9. The van der Waals surface area contributed by atoms with Crippen LogP contribution in [-0.4, -0.2) is 35.6 Å². The fourth-order valence-electron chi connectivity index (χ4n) is 1.84. The topological polar surface area (TPSA) is 72.6 Å². The molecule has 0 saturated heterocycles. The lowest BCUT2D eigenvalue weighted by atomic mass is 10.3. The van der Waals surface area contributed by atoms with Crippen molar-refractivity contribution in [2.75, 3.05) is 31.1 Å². The van der Waals surface area contributed by atoms with Crippen LogP contribution in [0, 0.1) is 0 Å². The Morgan fingerprint density at radius 2 is 1.94 bits per heavy atom. The lowest BCUT2D eigenvalue weighted by Crippen LogP contribution is -2.35. The number of nitrogens with zero attached hydrogens (tertiary/aromatic N) is 3. The number of hydrogen-bond acceptors (Lipinski definition) is 4. The molecule has 0 amide bonds. The van der Waals surface area contributed by atoms with Crippen molar-refractivity contribution in [3.8, 4) is 0 Å². The first-order chi connectivity index (χ1) is 7.86.